The van der Waals surface area contributed by atoms with Crippen LogP contribution in [0, 0.1) is 0 Å². The largest absolute Gasteiger partial charge is 0.496 e. The van der Waals surface area contributed by atoms with Gasteiger partial charge in [-0.2, -0.15) is 0 Å². The van der Waals surface area contributed by atoms with E-state index in [1.165, 1.54) is 26.4 Å². The zero-order valence-electron chi connectivity index (χ0n) is 13.5. The van der Waals surface area contributed by atoms with Crippen LogP contribution in [0.5, 0.6) is 5.75 Å². The van der Waals surface area contributed by atoms with Gasteiger partial charge in [-0.3, -0.25) is 0 Å². The summed E-state index contributed by atoms with van der Waals surface area (Å²) in [6, 6.07) is 13.5. The first kappa shape index (κ1) is 18.0. The van der Waals surface area contributed by atoms with E-state index in [4.69, 9.17) is 4.74 Å². The molecule has 2 aromatic carbocycles. The highest BCUT2D eigenvalue weighted by Crippen LogP contribution is 2.17. The zero-order chi connectivity index (χ0) is 17.6. The van der Waals surface area contributed by atoms with E-state index in [0.717, 1.165) is 5.56 Å². The van der Waals surface area contributed by atoms with Crippen LogP contribution in [0.15, 0.2) is 48.5 Å². The Bertz CT molecular complexity index is 800. The standard InChI is InChI=1S/C17H19NO5S/c1-22-16-6-4-3-5-15(16)11-18-24(20,21)12-13-7-9-14(10-8-13)17(19)23-2/h3-10,18H,11-12H2,1-2H3. The van der Waals surface area contributed by atoms with Gasteiger partial charge < -0.3 is 9.47 Å². The highest BCUT2D eigenvalue weighted by Gasteiger charge is 2.13. The summed E-state index contributed by atoms with van der Waals surface area (Å²) in [6.07, 6.45) is 0. The quantitative estimate of drug-likeness (QED) is 0.774. The third-order valence-electron chi connectivity index (χ3n) is 3.41. The second kappa shape index (κ2) is 7.94. The Balaban J connectivity index is 2.02. The lowest BCUT2D eigenvalue weighted by atomic mass is 10.1. The number of sulfonamides is 1. The molecule has 0 unspecified atom stereocenters. The fourth-order valence-electron chi connectivity index (χ4n) is 2.16. The summed E-state index contributed by atoms with van der Waals surface area (Å²) in [7, 11) is -0.686. The third kappa shape index (κ3) is 4.81. The highest BCUT2D eigenvalue weighted by atomic mass is 32.2. The van der Waals surface area contributed by atoms with Gasteiger partial charge in [0, 0.05) is 12.1 Å². The number of benzene rings is 2. The maximum Gasteiger partial charge on any atom is 0.337 e. The summed E-state index contributed by atoms with van der Waals surface area (Å²) < 4.78 is 36.8. The van der Waals surface area contributed by atoms with E-state index in [2.05, 4.69) is 9.46 Å². The molecule has 0 aliphatic carbocycles. The number of hydrogen-bond donors (Lipinski definition) is 1. The number of methoxy groups -OCH3 is 2. The molecule has 128 valence electrons. The predicted molar refractivity (Wildman–Crippen MR) is 90.2 cm³/mol. The molecule has 24 heavy (non-hydrogen) atoms. The van der Waals surface area contributed by atoms with Crippen LogP contribution < -0.4 is 9.46 Å². The van der Waals surface area contributed by atoms with Crippen molar-refractivity contribution in [3.05, 3.63) is 65.2 Å². The third-order valence-corrected chi connectivity index (χ3v) is 4.70. The molecule has 0 aliphatic rings. The van der Waals surface area contributed by atoms with Gasteiger partial charge in [0.05, 0.1) is 25.5 Å². The fraction of sp³-hybridized carbons (Fsp3) is 0.235. The van der Waals surface area contributed by atoms with Gasteiger partial charge in [0.2, 0.25) is 10.0 Å². The molecule has 0 amide bonds. The lowest BCUT2D eigenvalue weighted by Crippen LogP contribution is -2.25. The molecule has 0 aromatic heterocycles. The molecule has 2 rings (SSSR count). The van der Waals surface area contributed by atoms with E-state index in [9.17, 15) is 13.2 Å². The lowest BCUT2D eigenvalue weighted by molar-refractivity contribution is 0.0600. The van der Waals surface area contributed by atoms with Crippen molar-refractivity contribution in [3.8, 4) is 5.75 Å². The van der Waals surface area contributed by atoms with Gasteiger partial charge in [0.25, 0.3) is 0 Å². The maximum atomic E-state index is 12.2. The Hall–Kier alpha value is -2.38. The van der Waals surface area contributed by atoms with Crippen LogP contribution in [-0.4, -0.2) is 28.6 Å². The summed E-state index contributed by atoms with van der Waals surface area (Å²) in [4.78, 5) is 11.4. The fourth-order valence-corrected chi connectivity index (χ4v) is 3.27. The first-order valence-corrected chi connectivity index (χ1v) is 8.87. The zero-order valence-corrected chi connectivity index (χ0v) is 14.3. The molecule has 7 heteroatoms. The van der Waals surface area contributed by atoms with Crippen molar-refractivity contribution < 1.29 is 22.7 Å². The summed E-state index contributed by atoms with van der Waals surface area (Å²) in [5.41, 5.74) is 1.71. The first-order chi connectivity index (χ1) is 11.4. The van der Waals surface area contributed by atoms with Crippen molar-refractivity contribution in [2.45, 2.75) is 12.3 Å². The minimum atomic E-state index is -3.52. The van der Waals surface area contributed by atoms with Crippen molar-refractivity contribution in [1.82, 2.24) is 4.72 Å². The molecule has 0 heterocycles. The SMILES string of the molecule is COC(=O)c1ccc(CS(=O)(=O)NCc2ccccc2OC)cc1. The van der Waals surface area contributed by atoms with E-state index >= 15 is 0 Å². The van der Waals surface area contributed by atoms with Crippen LogP contribution in [0.3, 0.4) is 0 Å². The molecule has 0 saturated carbocycles. The summed E-state index contributed by atoms with van der Waals surface area (Å²) in [5.74, 6) is -0.00908. The summed E-state index contributed by atoms with van der Waals surface area (Å²) in [6.45, 7) is 0.145. The Morgan fingerprint density at radius 3 is 2.33 bits per heavy atom. The van der Waals surface area contributed by atoms with Crippen LogP contribution in [0.4, 0.5) is 0 Å². The normalized spacial score (nSPS) is 11.1. The molecule has 0 spiro atoms. The smallest absolute Gasteiger partial charge is 0.337 e. The molecule has 0 atom stereocenters. The van der Waals surface area contributed by atoms with Gasteiger partial charge in [-0.05, 0) is 23.8 Å². The van der Waals surface area contributed by atoms with Crippen molar-refractivity contribution in [2.24, 2.45) is 0 Å². The second-order valence-electron chi connectivity index (χ2n) is 5.08. The van der Waals surface area contributed by atoms with Crippen LogP contribution in [-0.2, 0) is 27.1 Å². The Morgan fingerprint density at radius 2 is 1.71 bits per heavy atom. The van der Waals surface area contributed by atoms with Gasteiger partial charge in [-0.1, -0.05) is 30.3 Å². The number of nitrogens with one attached hydrogen (secondary N) is 1. The van der Waals surface area contributed by atoms with Crippen molar-refractivity contribution in [2.75, 3.05) is 14.2 Å². The molecular weight excluding hydrogens is 330 g/mol. The van der Waals surface area contributed by atoms with Gasteiger partial charge in [-0.25, -0.2) is 17.9 Å². The molecule has 6 nitrogen and oxygen atoms in total. The number of carbonyl (C=O) groups excluding carboxylic acids is 1. The average molecular weight is 349 g/mol. The Morgan fingerprint density at radius 1 is 1.04 bits per heavy atom. The van der Waals surface area contributed by atoms with Crippen molar-refractivity contribution in [1.29, 1.82) is 0 Å². The van der Waals surface area contributed by atoms with E-state index in [1.807, 2.05) is 12.1 Å². The van der Waals surface area contributed by atoms with E-state index < -0.39 is 16.0 Å². The van der Waals surface area contributed by atoms with Crippen LogP contribution in [0.1, 0.15) is 21.5 Å². The van der Waals surface area contributed by atoms with Gasteiger partial charge >= 0.3 is 5.97 Å². The molecule has 0 fully saturated rings. The number of rotatable bonds is 7. The van der Waals surface area contributed by atoms with Crippen LogP contribution in [0.2, 0.25) is 0 Å². The molecule has 0 radical (unpaired) electrons. The predicted octanol–water partition coefficient (Wildman–Crippen LogP) is 2.10. The van der Waals surface area contributed by atoms with Crippen LogP contribution >= 0.6 is 0 Å². The van der Waals surface area contributed by atoms with Gasteiger partial charge in [-0.15, -0.1) is 0 Å². The lowest BCUT2D eigenvalue weighted by Gasteiger charge is -2.10. The molecule has 0 aliphatic heterocycles. The van der Waals surface area contributed by atoms with Crippen molar-refractivity contribution in [3.63, 3.8) is 0 Å². The van der Waals surface area contributed by atoms with E-state index in [-0.39, 0.29) is 12.3 Å². The number of para-hydroxylation sites is 1. The van der Waals surface area contributed by atoms with Gasteiger partial charge in [0.15, 0.2) is 0 Å². The van der Waals surface area contributed by atoms with Crippen molar-refractivity contribution >= 4 is 16.0 Å². The summed E-state index contributed by atoms with van der Waals surface area (Å²) >= 11 is 0. The van der Waals surface area contributed by atoms with E-state index in [0.29, 0.717) is 16.9 Å². The maximum absolute atomic E-state index is 12.2. The summed E-state index contributed by atoms with van der Waals surface area (Å²) in [5, 5.41) is 0. The molecular formula is C17H19NO5S. The minimum Gasteiger partial charge on any atom is -0.496 e. The number of carbonyl (C=O) groups is 1. The van der Waals surface area contributed by atoms with Gasteiger partial charge in [0.1, 0.15) is 5.75 Å². The number of esters is 1. The molecule has 1 N–H and O–H groups in total. The van der Waals surface area contributed by atoms with E-state index in [1.54, 1.807) is 24.3 Å². The molecule has 0 bridgehead atoms. The number of ether oxygens (including phenoxy) is 2. The Kier molecular flexibility index (Phi) is 5.94. The average Bonchev–Trinajstić information content (AvgIpc) is 2.60. The Labute approximate surface area is 141 Å². The number of hydrogen-bond acceptors (Lipinski definition) is 5. The van der Waals surface area contributed by atoms with Crippen LogP contribution in [0.25, 0.3) is 0 Å². The monoisotopic (exact) mass is 349 g/mol. The molecule has 2 aromatic rings. The molecule has 0 saturated heterocycles. The second-order valence-corrected chi connectivity index (χ2v) is 6.89. The minimum absolute atomic E-state index is 0.145. The topological polar surface area (TPSA) is 81.7 Å². The highest BCUT2D eigenvalue weighted by molar-refractivity contribution is 7.88. The first-order valence-electron chi connectivity index (χ1n) is 7.21.